The average molecular weight is 350 g/mol. The molecule has 1 unspecified atom stereocenters. The van der Waals surface area contributed by atoms with Gasteiger partial charge in [0.15, 0.2) is 0 Å². The topological polar surface area (TPSA) is 66.5 Å². The number of para-hydroxylation sites is 1. The van der Waals surface area contributed by atoms with Gasteiger partial charge in [0.1, 0.15) is 5.78 Å². The highest BCUT2D eigenvalue weighted by Gasteiger charge is 2.28. The van der Waals surface area contributed by atoms with Gasteiger partial charge in [-0.15, -0.1) is 0 Å². The summed E-state index contributed by atoms with van der Waals surface area (Å²) >= 11 is 0. The Kier molecular flexibility index (Phi) is 5.46. The highest BCUT2D eigenvalue weighted by Crippen LogP contribution is 2.26. The van der Waals surface area contributed by atoms with Crippen LogP contribution in [0.25, 0.3) is 0 Å². The first-order valence-electron chi connectivity index (χ1n) is 8.76. The zero-order valence-corrected chi connectivity index (χ0v) is 14.8. The van der Waals surface area contributed by atoms with Crippen LogP contribution in [0.2, 0.25) is 0 Å². The second-order valence-electron chi connectivity index (χ2n) is 6.49. The lowest BCUT2D eigenvalue weighted by molar-refractivity contribution is -0.137. The number of ketones is 1. The van der Waals surface area contributed by atoms with E-state index in [1.54, 1.807) is 6.92 Å². The lowest BCUT2D eigenvalue weighted by Crippen LogP contribution is -2.34. The third-order valence-corrected chi connectivity index (χ3v) is 4.72. The minimum Gasteiger partial charge on any atom is -0.367 e. The van der Waals surface area contributed by atoms with E-state index >= 15 is 0 Å². The molecule has 1 aliphatic heterocycles. The molecule has 1 heterocycles. The van der Waals surface area contributed by atoms with E-state index in [9.17, 15) is 14.4 Å². The number of benzene rings is 2. The van der Waals surface area contributed by atoms with Crippen molar-refractivity contribution in [2.75, 3.05) is 12.0 Å². The molecule has 1 N–H and O–H groups in total. The molecule has 0 saturated carbocycles. The van der Waals surface area contributed by atoms with E-state index in [2.05, 4.69) is 5.32 Å². The zero-order chi connectivity index (χ0) is 18.5. The molecule has 134 valence electrons. The van der Waals surface area contributed by atoms with Gasteiger partial charge in [0.25, 0.3) is 0 Å². The van der Waals surface area contributed by atoms with Gasteiger partial charge in [0.05, 0.1) is 6.67 Å². The van der Waals surface area contributed by atoms with E-state index in [-0.39, 0.29) is 43.0 Å². The predicted molar refractivity (Wildman–Crippen MR) is 99.6 cm³/mol. The molecule has 2 amide bonds. The lowest BCUT2D eigenvalue weighted by Gasteiger charge is -2.20. The summed E-state index contributed by atoms with van der Waals surface area (Å²) in [6.07, 6.45) is 1.12. The van der Waals surface area contributed by atoms with Crippen LogP contribution in [0.1, 0.15) is 36.8 Å². The third-order valence-electron chi connectivity index (χ3n) is 4.72. The number of Topliss-reactive ketones (excluding diaryl/α,β-unsaturated/α-hetero) is 1. The molecular weight excluding hydrogens is 328 g/mol. The Morgan fingerprint density at radius 1 is 1.00 bits per heavy atom. The molecule has 1 saturated heterocycles. The van der Waals surface area contributed by atoms with Crippen molar-refractivity contribution in [2.45, 2.75) is 32.1 Å². The molecule has 5 nitrogen and oxygen atoms in total. The quantitative estimate of drug-likeness (QED) is 0.779. The first-order chi connectivity index (χ1) is 12.6. The van der Waals surface area contributed by atoms with Crippen LogP contribution in [0.5, 0.6) is 0 Å². The van der Waals surface area contributed by atoms with Crippen LogP contribution < -0.4 is 5.32 Å². The minimum atomic E-state index is -0.228. The van der Waals surface area contributed by atoms with Crippen LogP contribution >= 0.6 is 0 Å². The number of nitrogens with zero attached hydrogens (tertiary/aromatic N) is 1. The van der Waals surface area contributed by atoms with Crippen molar-refractivity contribution in [1.29, 1.82) is 0 Å². The molecule has 1 atom stereocenters. The fourth-order valence-electron chi connectivity index (χ4n) is 3.24. The van der Waals surface area contributed by atoms with Gasteiger partial charge >= 0.3 is 0 Å². The van der Waals surface area contributed by atoms with Crippen molar-refractivity contribution < 1.29 is 14.4 Å². The molecule has 26 heavy (non-hydrogen) atoms. The molecule has 0 bridgehead atoms. The minimum absolute atomic E-state index is 0.107. The maximum absolute atomic E-state index is 12.2. The standard InChI is InChI=1S/C21H22N2O3/c1-15(24)18(16-7-3-2-4-8-16)13-17-9-5-6-10-19(17)22-14-23-20(25)11-12-21(23)26/h2-10,18,22H,11-14H2,1H3. The molecule has 1 fully saturated rings. The highest BCUT2D eigenvalue weighted by molar-refractivity contribution is 6.02. The van der Waals surface area contributed by atoms with Crippen LogP contribution in [-0.4, -0.2) is 29.2 Å². The Labute approximate surface area is 153 Å². The van der Waals surface area contributed by atoms with Crippen molar-refractivity contribution in [3.63, 3.8) is 0 Å². The van der Waals surface area contributed by atoms with Gasteiger partial charge in [-0.2, -0.15) is 0 Å². The van der Waals surface area contributed by atoms with Crippen molar-refractivity contribution in [2.24, 2.45) is 0 Å². The number of nitrogens with one attached hydrogen (secondary N) is 1. The van der Waals surface area contributed by atoms with Gasteiger partial charge in [0.2, 0.25) is 11.8 Å². The first kappa shape index (κ1) is 17.9. The van der Waals surface area contributed by atoms with Gasteiger partial charge in [-0.05, 0) is 30.5 Å². The molecule has 5 heteroatoms. The van der Waals surface area contributed by atoms with E-state index in [1.807, 2.05) is 54.6 Å². The Hall–Kier alpha value is -2.95. The fourth-order valence-corrected chi connectivity index (χ4v) is 3.24. The number of amides is 2. The molecule has 2 aromatic carbocycles. The largest absolute Gasteiger partial charge is 0.367 e. The number of hydrogen-bond donors (Lipinski definition) is 1. The summed E-state index contributed by atoms with van der Waals surface area (Å²) in [4.78, 5) is 37.0. The summed E-state index contributed by atoms with van der Waals surface area (Å²) in [6, 6.07) is 17.4. The van der Waals surface area contributed by atoms with Crippen molar-refractivity contribution in [3.8, 4) is 0 Å². The molecule has 0 radical (unpaired) electrons. The number of hydrogen-bond acceptors (Lipinski definition) is 4. The van der Waals surface area contributed by atoms with Crippen molar-refractivity contribution >= 4 is 23.3 Å². The smallest absolute Gasteiger partial charge is 0.231 e. The first-order valence-corrected chi connectivity index (χ1v) is 8.76. The van der Waals surface area contributed by atoms with Crippen LogP contribution in [0.3, 0.4) is 0 Å². The average Bonchev–Trinajstić information content (AvgIpc) is 2.97. The molecule has 0 aromatic heterocycles. The summed E-state index contributed by atoms with van der Waals surface area (Å²) < 4.78 is 0. The maximum atomic E-state index is 12.2. The number of likely N-dealkylation sites (tertiary alicyclic amines) is 1. The summed E-state index contributed by atoms with van der Waals surface area (Å²) in [7, 11) is 0. The summed E-state index contributed by atoms with van der Waals surface area (Å²) in [6.45, 7) is 1.76. The number of anilines is 1. The summed E-state index contributed by atoms with van der Waals surface area (Å²) in [5.41, 5.74) is 2.80. The van der Waals surface area contributed by atoms with Crippen LogP contribution in [0, 0.1) is 0 Å². The van der Waals surface area contributed by atoms with Crippen molar-refractivity contribution in [3.05, 3.63) is 65.7 Å². The number of rotatable bonds is 7. The van der Waals surface area contributed by atoms with Crippen LogP contribution in [-0.2, 0) is 20.8 Å². The second-order valence-corrected chi connectivity index (χ2v) is 6.49. The normalized spacial score (nSPS) is 15.2. The van der Waals surface area contributed by atoms with Crippen LogP contribution in [0.15, 0.2) is 54.6 Å². The van der Waals surface area contributed by atoms with Crippen molar-refractivity contribution in [1.82, 2.24) is 4.90 Å². The Bertz CT molecular complexity index is 801. The Morgan fingerprint density at radius 3 is 2.27 bits per heavy atom. The van der Waals surface area contributed by atoms with Crippen LogP contribution in [0.4, 0.5) is 5.69 Å². The molecule has 0 spiro atoms. The number of carbonyl (C=O) groups is 3. The Balaban J connectivity index is 1.77. The molecule has 3 rings (SSSR count). The molecule has 0 aliphatic carbocycles. The van der Waals surface area contributed by atoms with E-state index in [0.717, 1.165) is 16.8 Å². The van der Waals surface area contributed by atoms with Gasteiger partial charge in [0, 0.05) is 24.4 Å². The third kappa shape index (κ3) is 3.99. The molecule has 1 aliphatic rings. The SMILES string of the molecule is CC(=O)C(Cc1ccccc1NCN1C(=O)CCC1=O)c1ccccc1. The zero-order valence-electron chi connectivity index (χ0n) is 14.8. The van der Waals surface area contributed by atoms with E-state index in [4.69, 9.17) is 0 Å². The van der Waals surface area contributed by atoms with E-state index in [0.29, 0.717) is 6.42 Å². The monoisotopic (exact) mass is 350 g/mol. The lowest BCUT2D eigenvalue weighted by atomic mass is 9.88. The molecular formula is C21H22N2O3. The highest BCUT2D eigenvalue weighted by atomic mass is 16.2. The maximum Gasteiger partial charge on any atom is 0.231 e. The van der Waals surface area contributed by atoms with Gasteiger partial charge in [-0.25, -0.2) is 0 Å². The van der Waals surface area contributed by atoms with Gasteiger partial charge < -0.3 is 5.32 Å². The number of carbonyl (C=O) groups excluding carboxylic acids is 3. The number of imide groups is 1. The van der Waals surface area contributed by atoms with E-state index in [1.165, 1.54) is 4.90 Å². The summed E-state index contributed by atoms with van der Waals surface area (Å²) in [5, 5.41) is 3.18. The fraction of sp³-hybridized carbons (Fsp3) is 0.286. The summed E-state index contributed by atoms with van der Waals surface area (Å²) in [5.74, 6) is -0.415. The second kappa shape index (κ2) is 7.95. The van der Waals surface area contributed by atoms with E-state index < -0.39 is 0 Å². The predicted octanol–water partition coefficient (Wildman–Crippen LogP) is 3.12. The Morgan fingerprint density at radius 2 is 1.62 bits per heavy atom. The molecule has 2 aromatic rings. The van der Waals surface area contributed by atoms with Gasteiger partial charge in [-0.1, -0.05) is 48.5 Å². The van der Waals surface area contributed by atoms with Gasteiger partial charge in [-0.3, -0.25) is 19.3 Å².